The summed E-state index contributed by atoms with van der Waals surface area (Å²) in [5.41, 5.74) is -0.893. The van der Waals surface area contributed by atoms with Gasteiger partial charge < -0.3 is 5.11 Å². The zero-order chi connectivity index (χ0) is 9.45. The molecule has 1 nitrogen and oxygen atoms in total. The zero-order valence-corrected chi connectivity index (χ0v) is 8.62. The second-order valence-electron chi connectivity index (χ2n) is 3.12. The first-order chi connectivity index (χ1) is 5.62. The van der Waals surface area contributed by atoms with Crippen molar-refractivity contribution >= 4 is 11.6 Å². The van der Waals surface area contributed by atoms with Gasteiger partial charge in [0.2, 0.25) is 0 Å². The molecule has 0 aromatic heterocycles. The van der Waals surface area contributed by atoms with E-state index in [1.807, 2.05) is 0 Å². The van der Waals surface area contributed by atoms with Crippen LogP contribution in [0.3, 0.4) is 0 Å². The van der Waals surface area contributed by atoms with Crippen molar-refractivity contribution in [1.29, 1.82) is 0 Å². The number of halogens is 1. The highest BCUT2D eigenvalue weighted by molar-refractivity contribution is 6.17. The molecule has 0 aromatic rings. The van der Waals surface area contributed by atoms with Crippen molar-refractivity contribution in [2.24, 2.45) is 0 Å². The van der Waals surface area contributed by atoms with Crippen molar-refractivity contribution in [2.45, 2.75) is 45.1 Å². The zero-order valence-electron chi connectivity index (χ0n) is 7.86. The molecule has 0 radical (unpaired) electrons. The third-order valence-electron chi connectivity index (χ3n) is 1.59. The molecule has 1 unspecified atom stereocenters. The molecule has 0 aliphatic rings. The standard InChI is InChI=1S/C10H17ClO/c1-3-4-5-6-7-10(2,12)8-9-11/h12H,3-5,8-9H2,1-2H3. The second kappa shape index (κ2) is 6.34. The van der Waals surface area contributed by atoms with Gasteiger partial charge in [-0.25, -0.2) is 0 Å². The van der Waals surface area contributed by atoms with Gasteiger partial charge in [-0.05, 0) is 13.3 Å². The molecule has 0 saturated carbocycles. The number of unbranched alkanes of at least 4 members (excludes halogenated alkanes) is 2. The average molecular weight is 189 g/mol. The molecule has 0 fully saturated rings. The van der Waals surface area contributed by atoms with Gasteiger partial charge in [-0.1, -0.05) is 19.3 Å². The highest BCUT2D eigenvalue weighted by Crippen LogP contribution is 2.08. The Balaban J connectivity index is 3.74. The van der Waals surface area contributed by atoms with Crippen LogP contribution in [-0.4, -0.2) is 16.6 Å². The molecule has 1 atom stereocenters. The number of rotatable bonds is 4. The Bertz CT molecular complexity index is 164. The summed E-state index contributed by atoms with van der Waals surface area (Å²) in [5.74, 6) is 6.22. The highest BCUT2D eigenvalue weighted by Gasteiger charge is 2.14. The maximum atomic E-state index is 9.56. The molecule has 0 aromatic carbocycles. The molecule has 0 rings (SSSR count). The van der Waals surface area contributed by atoms with E-state index < -0.39 is 5.60 Å². The van der Waals surface area contributed by atoms with Gasteiger partial charge in [0.1, 0.15) is 5.60 Å². The normalized spacial score (nSPS) is 14.7. The minimum atomic E-state index is -0.893. The molecule has 12 heavy (non-hydrogen) atoms. The number of alkyl halides is 1. The number of hydrogen-bond donors (Lipinski definition) is 1. The fourth-order valence-corrected chi connectivity index (χ4v) is 1.13. The third-order valence-corrected chi connectivity index (χ3v) is 1.78. The largest absolute Gasteiger partial charge is 0.378 e. The summed E-state index contributed by atoms with van der Waals surface area (Å²) < 4.78 is 0. The van der Waals surface area contributed by atoms with Crippen LogP contribution in [0, 0.1) is 11.8 Å². The Labute approximate surface area is 80.1 Å². The van der Waals surface area contributed by atoms with Crippen LogP contribution in [0.2, 0.25) is 0 Å². The molecule has 1 N–H and O–H groups in total. The van der Waals surface area contributed by atoms with Crippen LogP contribution in [0.5, 0.6) is 0 Å². The molecule has 0 bridgehead atoms. The lowest BCUT2D eigenvalue weighted by Gasteiger charge is -2.13. The van der Waals surface area contributed by atoms with Crippen molar-refractivity contribution in [2.75, 3.05) is 5.88 Å². The van der Waals surface area contributed by atoms with E-state index in [1.54, 1.807) is 6.92 Å². The lowest BCUT2D eigenvalue weighted by atomic mass is 10.0. The number of aliphatic hydroxyl groups is 1. The van der Waals surface area contributed by atoms with Crippen molar-refractivity contribution in [3.05, 3.63) is 0 Å². The monoisotopic (exact) mass is 188 g/mol. The van der Waals surface area contributed by atoms with E-state index in [0.717, 1.165) is 19.3 Å². The van der Waals surface area contributed by atoms with Gasteiger partial charge >= 0.3 is 0 Å². The van der Waals surface area contributed by atoms with Crippen LogP contribution in [0.4, 0.5) is 0 Å². The Hall–Kier alpha value is -0.190. The smallest absolute Gasteiger partial charge is 0.123 e. The quantitative estimate of drug-likeness (QED) is 0.409. The van der Waals surface area contributed by atoms with E-state index >= 15 is 0 Å². The van der Waals surface area contributed by atoms with E-state index in [0.29, 0.717) is 12.3 Å². The van der Waals surface area contributed by atoms with E-state index in [1.165, 1.54) is 0 Å². The van der Waals surface area contributed by atoms with Crippen molar-refractivity contribution in [1.82, 2.24) is 0 Å². The summed E-state index contributed by atoms with van der Waals surface area (Å²) in [4.78, 5) is 0. The predicted octanol–water partition coefficient (Wildman–Crippen LogP) is 2.56. The molecule has 0 heterocycles. The minimum absolute atomic E-state index is 0.454. The molecule has 0 amide bonds. The lowest BCUT2D eigenvalue weighted by molar-refractivity contribution is 0.119. The minimum Gasteiger partial charge on any atom is -0.378 e. The van der Waals surface area contributed by atoms with Crippen molar-refractivity contribution < 1.29 is 5.11 Å². The fourth-order valence-electron chi connectivity index (χ4n) is 0.765. The fraction of sp³-hybridized carbons (Fsp3) is 0.800. The molecular formula is C10H17ClO. The third kappa shape index (κ3) is 6.52. The van der Waals surface area contributed by atoms with Crippen LogP contribution in [0.1, 0.15) is 39.5 Å². The average Bonchev–Trinajstić information content (AvgIpc) is 1.98. The van der Waals surface area contributed by atoms with Crippen LogP contribution in [-0.2, 0) is 0 Å². The molecular weight excluding hydrogens is 172 g/mol. The Morgan fingerprint density at radius 3 is 2.67 bits per heavy atom. The van der Waals surface area contributed by atoms with Crippen molar-refractivity contribution in [3.8, 4) is 11.8 Å². The summed E-state index contributed by atoms with van der Waals surface area (Å²) in [6, 6.07) is 0. The first-order valence-electron chi connectivity index (χ1n) is 4.41. The van der Waals surface area contributed by atoms with Crippen molar-refractivity contribution in [3.63, 3.8) is 0 Å². The number of hydrogen-bond acceptors (Lipinski definition) is 1. The van der Waals surface area contributed by atoms with Crippen LogP contribution >= 0.6 is 11.6 Å². The first-order valence-corrected chi connectivity index (χ1v) is 4.94. The first kappa shape index (κ1) is 11.8. The van der Waals surface area contributed by atoms with E-state index in [2.05, 4.69) is 18.8 Å². The van der Waals surface area contributed by atoms with E-state index in [9.17, 15) is 5.11 Å². The van der Waals surface area contributed by atoms with Gasteiger partial charge in [-0.2, -0.15) is 0 Å². The molecule has 0 spiro atoms. The van der Waals surface area contributed by atoms with Gasteiger partial charge in [0.25, 0.3) is 0 Å². The topological polar surface area (TPSA) is 20.2 Å². The molecule has 0 aliphatic heterocycles. The molecule has 70 valence electrons. The van der Waals surface area contributed by atoms with Crippen LogP contribution in [0.15, 0.2) is 0 Å². The summed E-state index contributed by atoms with van der Waals surface area (Å²) in [7, 11) is 0. The maximum absolute atomic E-state index is 9.56. The van der Waals surface area contributed by atoms with Gasteiger partial charge in [0.05, 0.1) is 0 Å². The SMILES string of the molecule is CCCCC#CC(C)(O)CCCl. The lowest BCUT2D eigenvalue weighted by Crippen LogP contribution is -2.21. The molecule has 0 aliphatic carbocycles. The van der Waals surface area contributed by atoms with E-state index in [-0.39, 0.29) is 0 Å². The van der Waals surface area contributed by atoms with Crippen LogP contribution < -0.4 is 0 Å². The molecule has 2 heteroatoms. The van der Waals surface area contributed by atoms with E-state index in [4.69, 9.17) is 11.6 Å². The van der Waals surface area contributed by atoms with Gasteiger partial charge in [-0.15, -0.1) is 17.5 Å². The Morgan fingerprint density at radius 2 is 2.17 bits per heavy atom. The maximum Gasteiger partial charge on any atom is 0.123 e. The summed E-state index contributed by atoms with van der Waals surface area (Å²) in [5, 5.41) is 9.56. The predicted molar refractivity (Wildman–Crippen MR) is 53.3 cm³/mol. The second-order valence-corrected chi connectivity index (χ2v) is 3.50. The summed E-state index contributed by atoms with van der Waals surface area (Å²) >= 11 is 5.50. The summed E-state index contributed by atoms with van der Waals surface area (Å²) in [6.45, 7) is 3.83. The Kier molecular flexibility index (Phi) is 6.24. The summed E-state index contributed by atoms with van der Waals surface area (Å²) in [6.07, 6.45) is 3.65. The van der Waals surface area contributed by atoms with Gasteiger partial charge in [0.15, 0.2) is 0 Å². The van der Waals surface area contributed by atoms with Gasteiger partial charge in [0, 0.05) is 18.7 Å². The van der Waals surface area contributed by atoms with Crippen LogP contribution in [0.25, 0.3) is 0 Å². The highest BCUT2D eigenvalue weighted by atomic mass is 35.5. The molecule has 0 saturated heterocycles. The Morgan fingerprint density at radius 1 is 1.50 bits per heavy atom. The van der Waals surface area contributed by atoms with Gasteiger partial charge in [-0.3, -0.25) is 0 Å².